The van der Waals surface area contributed by atoms with Crippen LogP contribution in [0.25, 0.3) is 0 Å². The zero-order chi connectivity index (χ0) is 46.3. The Morgan fingerprint density at radius 2 is 1.62 bits per heavy atom. The number of rotatable bonds is 15. The summed E-state index contributed by atoms with van der Waals surface area (Å²) in [4.78, 5) is 63.6. The molecule has 23 nitrogen and oxygen atoms in total. The van der Waals surface area contributed by atoms with Crippen molar-refractivity contribution >= 4 is 80.0 Å². The number of carboxylic acid groups (broad SMARTS) is 1. The summed E-state index contributed by atoms with van der Waals surface area (Å²) in [6, 6.07) is 9.79. The van der Waals surface area contributed by atoms with E-state index in [1.807, 2.05) is 0 Å². The van der Waals surface area contributed by atoms with Crippen LogP contribution in [0.3, 0.4) is 0 Å². The number of sulfonamides is 1. The molecule has 4 aromatic rings. The molecular formula is C33H38Cl2N7O16PS2. The normalized spacial score (nSPS) is 12.3. The van der Waals surface area contributed by atoms with Gasteiger partial charge in [0.05, 0.1) is 43.1 Å². The number of nitro groups is 1. The van der Waals surface area contributed by atoms with E-state index in [1.54, 1.807) is 16.9 Å². The van der Waals surface area contributed by atoms with Crippen LogP contribution in [0, 0.1) is 10.1 Å². The summed E-state index contributed by atoms with van der Waals surface area (Å²) in [5, 5.41) is 21.2. The largest absolute Gasteiger partial charge is 0.481 e. The van der Waals surface area contributed by atoms with Crippen molar-refractivity contribution < 1.29 is 69.7 Å². The quantitative estimate of drug-likeness (QED) is 0.0478. The number of anilines is 1. The molecule has 61 heavy (non-hydrogen) atoms. The number of carbonyl (C=O) groups is 3. The molecule has 4 rings (SSSR count). The summed E-state index contributed by atoms with van der Waals surface area (Å²) in [6.07, 6.45) is 1.09. The fraction of sp³-hybridized carbons (Fsp3) is 0.273. The number of esters is 1. The number of urea groups is 1. The van der Waals surface area contributed by atoms with Crippen LogP contribution < -0.4 is 30.0 Å². The fourth-order valence-corrected chi connectivity index (χ4v) is 7.89. The third-order valence-corrected chi connectivity index (χ3v) is 11.9. The molecule has 0 fully saturated rings. The number of carbonyl (C=O) groups excluding carboxylic acids is 2. The van der Waals surface area contributed by atoms with Crippen LogP contribution in [0.2, 0.25) is 10.0 Å². The predicted octanol–water partition coefficient (Wildman–Crippen LogP) is 4.36. The number of hydrogen-bond donors (Lipinski definition) is 5. The summed E-state index contributed by atoms with van der Waals surface area (Å²) in [6.45, 7) is 2.54. The second-order valence-electron chi connectivity index (χ2n) is 11.7. The number of nitrogens with one attached hydrogen (secondary N) is 2. The van der Waals surface area contributed by atoms with Gasteiger partial charge in [-0.1, -0.05) is 30.1 Å². The Bertz CT molecular complexity index is 2490. The van der Waals surface area contributed by atoms with Crippen LogP contribution in [0.1, 0.15) is 23.7 Å². The third kappa shape index (κ3) is 16.4. The van der Waals surface area contributed by atoms with Gasteiger partial charge in [-0.15, -0.1) is 0 Å². The van der Waals surface area contributed by atoms with Crippen molar-refractivity contribution in [1.29, 1.82) is 0 Å². The standard InChI is InChI=1S/C14H9Cl2NO5.C14H17N5O7S2.C5H12NO4P/c1-21-14(18)10-7-9(3-4-12(10)17(19)20)22-13-5-2-8(15)6-11(13)16;1-4-27(21,22)9-6-5-7-15-12(9)28(23,24)19-14(20)18-13-16-10(25-2)8-11(17-13)26-3;1-11(9,10)3-2-4(6)5(7)8/h2-7H,1H3;5-8H,4H2,1-3H3,(H2,16,17,18,19,20);4H,2-3,6H2,1H3,(H,7,8)(H,9,10). The number of ether oxygens (including phenoxy) is 4. The van der Waals surface area contributed by atoms with Gasteiger partial charge in [0, 0.05) is 36.2 Å². The summed E-state index contributed by atoms with van der Waals surface area (Å²) >= 11 is 11.8. The minimum absolute atomic E-state index is 0.0412. The number of amides is 2. The van der Waals surface area contributed by atoms with Crippen LogP contribution in [0.15, 0.2) is 70.7 Å². The van der Waals surface area contributed by atoms with Gasteiger partial charge in [0.1, 0.15) is 28.0 Å². The molecule has 0 bridgehead atoms. The van der Waals surface area contributed by atoms with Crippen molar-refractivity contribution in [3.05, 3.63) is 86.5 Å². The number of aliphatic carboxylic acids is 1. The van der Waals surface area contributed by atoms with Gasteiger partial charge < -0.3 is 34.7 Å². The lowest BCUT2D eigenvalue weighted by Gasteiger charge is -2.11. The Kier molecular flexibility index (Phi) is 19.2. The van der Waals surface area contributed by atoms with Crippen LogP contribution in [0.5, 0.6) is 23.3 Å². The first kappa shape index (κ1) is 51.5. The number of halogens is 2. The minimum Gasteiger partial charge on any atom is -0.481 e. The lowest BCUT2D eigenvalue weighted by atomic mass is 10.1. The Balaban J connectivity index is 0.000000345. The topological polar surface area (TPSA) is 346 Å². The highest BCUT2D eigenvalue weighted by molar-refractivity contribution is 7.93. The van der Waals surface area contributed by atoms with E-state index in [1.165, 1.54) is 58.1 Å². The van der Waals surface area contributed by atoms with Gasteiger partial charge >= 0.3 is 18.0 Å². The first-order chi connectivity index (χ1) is 28.4. The van der Waals surface area contributed by atoms with E-state index >= 15 is 0 Å². The van der Waals surface area contributed by atoms with Crippen molar-refractivity contribution in [2.45, 2.75) is 29.3 Å². The zero-order valence-corrected chi connectivity index (χ0v) is 36.5. The van der Waals surface area contributed by atoms with E-state index in [2.05, 4.69) is 25.0 Å². The highest BCUT2D eigenvalue weighted by Gasteiger charge is 2.29. The number of methoxy groups -OCH3 is 3. The first-order valence-electron chi connectivity index (χ1n) is 16.6. The molecule has 0 saturated heterocycles. The number of benzene rings is 2. The maximum Gasteiger partial charge on any atom is 0.345 e. The van der Waals surface area contributed by atoms with Crippen molar-refractivity contribution in [2.24, 2.45) is 5.73 Å². The molecular weight excluding hydrogens is 916 g/mol. The molecule has 2 unspecified atom stereocenters. The Morgan fingerprint density at radius 1 is 1.00 bits per heavy atom. The van der Waals surface area contributed by atoms with Crippen molar-refractivity contribution in [3.8, 4) is 23.3 Å². The van der Waals surface area contributed by atoms with Gasteiger partial charge in [-0.3, -0.25) is 24.8 Å². The average Bonchev–Trinajstić information content (AvgIpc) is 3.20. The molecule has 2 amide bonds. The monoisotopic (exact) mass is 953 g/mol. The van der Waals surface area contributed by atoms with E-state index in [0.29, 0.717) is 10.8 Å². The number of nitro benzene ring substituents is 1. The van der Waals surface area contributed by atoms with Crippen LogP contribution in [-0.2, 0) is 34.0 Å². The third-order valence-electron chi connectivity index (χ3n) is 7.12. The SMILES string of the molecule is CCS(=O)(=O)c1cccnc1S(=O)(=O)NC(=O)Nc1nc(OC)cc(OC)n1.COC(=O)c1cc(Oc2ccc(Cl)cc2Cl)ccc1[N+](=O)[O-].CP(=O)(O)CCC(N)C(=O)O. The molecule has 2 aromatic carbocycles. The summed E-state index contributed by atoms with van der Waals surface area (Å²) in [5.41, 5.74) is 4.51. The zero-order valence-electron chi connectivity index (χ0n) is 32.5. The Hall–Kier alpha value is -5.69. The van der Waals surface area contributed by atoms with Gasteiger partial charge in [-0.05, 0) is 42.8 Å². The first-order valence-corrected chi connectivity index (χ1v) is 22.8. The minimum atomic E-state index is -4.61. The van der Waals surface area contributed by atoms with Gasteiger partial charge in [0.25, 0.3) is 15.7 Å². The maximum atomic E-state index is 12.5. The van der Waals surface area contributed by atoms with E-state index in [4.69, 9.17) is 53.1 Å². The summed E-state index contributed by atoms with van der Waals surface area (Å²) < 4.78 is 81.3. The number of nitrogens with zero attached hydrogens (tertiary/aromatic N) is 4. The number of carboxylic acids is 1. The highest BCUT2D eigenvalue weighted by Crippen LogP contribution is 2.36. The van der Waals surface area contributed by atoms with Crippen LogP contribution in [-0.4, -0.2) is 111 Å². The molecule has 332 valence electrons. The van der Waals surface area contributed by atoms with Gasteiger partial charge in [0.15, 0.2) is 22.2 Å². The Morgan fingerprint density at radius 3 is 2.13 bits per heavy atom. The fourth-order valence-electron chi connectivity index (χ4n) is 4.13. The smallest absolute Gasteiger partial charge is 0.345 e. The molecule has 2 aromatic heterocycles. The van der Waals surface area contributed by atoms with Crippen LogP contribution in [0.4, 0.5) is 16.4 Å². The van der Waals surface area contributed by atoms with Crippen LogP contribution >= 0.6 is 30.6 Å². The summed E-state index contributed by atoms with van der Waals surface area (Å²) in [5.74, 6) is -1.99. The summed E-state index contributed by atoms with van der Waals surface area (Å²) in [7, 11) is -7.82. The van der Waals surface area contributed by atoms with E-state index in [9.17, 15) is 45.9 Å². The van der Waals surface area contributed by atoms with Gasteiger partial charge in [0.2, 0.25) is 17.7 Å². The van der Waals surface area contributed by atoms with Crippen molar-refractivity contribution in [2.75, 3.05) is 45.2 Å². The lowest BCUT2D eigenvalue weighted by molar-refractivity contribution is -0.385. The molecule has 0 radical (unpaired) electrons. The van der Waals surface area contributed by atoms with Gasteiger partial charge in [-0.25, -0.2) is 27.7 Å². The van der Waals surface area contributed by atoms with E-state index in [-0.39, 0.29) is 58.1 Å². The number of nitrogens with two attached hydrogens (primary N) is 1. The molecule has 0 aliphatic carbocycles. The second-order valence-corrected chi connectivity index (χ2v) is 18.9. The lowest BCUT2D eigenvalue weighted by Crippen LogP contribution is -2.36. The average molecular weight is 955 g/mol. The predicted molar refractivity (Wildman–Crippen MR) is 218 cm³/mol. The molecule has 2 atom stereocenters. The molecule has 2 heterocycles. The molecule has 0 aliphatic rings. The second kappa shape index (κ2) is 22.8. The van der Waals surface area contributed by atoms with E-state index < -0.39 is 66.1 Å². The number of sulfone groups is 1. The van der Waals surface area contributed by atoms with E-state index in [0.717, 1.165) is 25.4 Å². The number of pyridine rings is 1. The molecule has 6 N–H and O–H groups in total. The Labute approximate surface area is 358 Å². The van der Waals surface area contributed by atoms with Crippen molar-refractivity contribution in [1.82, 2.24) is 19.7 Å². The number of aromatic nitrogens is 3. The molecule has 0 spiro atoms. The maximum absolute atomic E-state index is 12.5. The molecule has 0 aliphatic heterocycles. The molecule has 28 heteroatoms. The van der Waals surface area contributed by atoms with Gasteiger partial charge in [-0.2, -0.15) is 18.4 Å². The van der Waals surface area contributed by atoms with Crippen molar-refractivity contribution in [3.63, 3.8) is 0 Å². The number of hydrogen-bond acceptors (Lipinski definition) is 18. The molecule has 0 saturated carbocycles. The highest BCUT2D eigenvalue weighted by atomic mass is 35.5.